The Morgan fingerprint density at radius 3 is 2.44 bits per heavy atom. The summed E-state index contributed by atoms with van der Waals surface area (Å²) < 4.78 is 35.2. The molecule has 8 nitrogen and oxygen atoms in total. The maximum Gasteiger partial charge on any atom is 0.343 e. The molecule has 228 valence electrons. The second-order valence-electron chi connectivity index (χ2n) is 10.8. The lowest BCUT2D eigenvalue weighted by Gasteiger charge is -2.43. The van der Waals surface area contributed by atoms with Crippen molar-refractivity contribution in [2.24, 2.45) is 0 Å². The Bertz CT molecular complexity index is 1830. The molecule has 0 spiro atoms. The number of halogens is 1. The number of fused-ring (bicyclic) bond motifs is 3. The molecule has 3 aliphatic rings. The van der Waals surface area contributed by atoms with Gasteiger partial charge in [0.25, 0.3) is 0 Å². The molecule has 7 rings (SSSR count). The molecule has 3 heterocycles. The number of hydrogen-bond acceptors (Lipinski definition) is 8. The first-order chi connectivity index (χ1) is 22.0. The minimum atomic E-state index is -0.728. The van der Waals surface area contributed by atoms with Crippen LogP contribution in [0.4, 0.5) is 0 Å². The molecule has 0 saturated heterocycles. The van der Waals surface area contributed by atoms with Gasteiger partial charge in [-0.1, -0.05) is 59.8 Å². The number of benzene rings is 4. The fraction of sp³-hybridized carbons (Fsp3) is 0.250. The largest absolute Gasteiger partial charge is 0.493 e. The number of esters is 1. The maximum atomic E-state index is 13.6. The number of carbonyl (C=O) groups is 1. The van der Waals surface area contributed by atoms with E-state index in [4.69, 9.17) is 40.0 Å². The summed E-state index contributed by atoms with van der Waals surface area (Å²) in [6.07, 6.45) is -0.0518. The second kappa shape index (κ2) is 11.9. The Morgan fingerprint density at radius 1 is 0.933 bits per heavy atom. The molecule has 0 fully saturated rings. The molecule has 4 aromatic rings. The molecule has 0 amide bonds. The molecule has 3 aliphatic heterocycles. The van der Waals surface area contributed by atoms with Gasteiger partial charge in [0.2, 0.25) is 12.5 Å². The van der Waals surface area contributed by atoms with Gasteiger partial charge >= 0.3 is 5.97 Å². The van der Waals surface area contributed by atoms with Crippen molar-refractivity contribution in [3.8, 4) is 40.6 Å². The monoisotopic (exact) mass is 623 g/mol. The summed E-state index contributed by atoms with van der Waals surface area (Å²) in [4.78, 5) is 15.9. The van der Waals surface area contributed by atoms with E-state index in [1.54, 1.807) is 13.2 Å². The van der Waals surface area contributed by atoms with Crippen LogP contribution < -0.4 is 23.7 Å². The van der Waals surface area contributed by atoms with Crippen LogP contribution in [0.5, 0.6) is 28.7 Å². The van der Waals surface area contributed by atoms with Crippen LogP contribution >= 0.6 is 11.6 Å². The van der Waals surface area contributed by atoms with Crippen molar-refractivity contribution in [3.63, 3.8) is 0 Å². The van der Waals surface area contributed by atoms with Crippen molar-refractivity contribution in [2.45, 2.75) is 24.6 Å². The Balaban J connectivity index is 1.45. The zero-order chi connectivity index (χ0) is 31.1. The van der Waals surface area contributed by atoms with Crippen molar-refractivity contribution in [1.82, 2.24) is 4.90 Å². The van der Waals surface area contributed by atoms with Crippen LogP contribution in [0.15, 0.2) is 72.8 Å². The highest BCUT2D eigenvalue weighted by Gasteiger charge is 2.48. The number of carbonyl (C=O) groups excluding carboxylic acids is 1. The van der Waals surface area contributed by atoms with Crippen molar-refractivity contribution in [1.29, 1.82) is 0 Å². The van der Waals surface area contributed by atoms with Crippen LogP contribution in [0, 0.1) is 11.8 Å². The number of methoxy groups -OCH3 is 3. The van der Waals surface area contributed by atoms with Gasteiger partial charge in [-0.05, 0) is 53.9 Å². The van der Waals surface area contributed by atoms with Gasteiger partial charge in [-0.15, -0.1) is 0 Å². The summed E-state index contributed by atoms with van der Waals surface area (Å²) in [5, 5.41) is 0.628. The van der Waals surface area contributed by atoms with Gasteiger partial charge in [0.15, 0.2) is 23.0 Å². The van der Waals surface area contributed by atoms with Crippen LogP contribution in [0.2, 0.25) is 5.02 Å². The first-order valence-corrected chi connectivity index (χ1v) is 14.9. The third-order valence-corrected chi connectivity index (χ3v) is 8.75. The molecule has 1 unspecified atom stereocenters. The van der Waals surface area contributed by atoms with E-state index < -0.39 is 24.2 Å². The molecule has 0 aliphatic carbocycles. The van der Waals surface area contributed by atoms with Crippen LogP contribution in [-0.2, 0) is 11.2 Å². The Labute approximate surface area is 266 Å². The summed E-state index contributed by atoms with van der Waals surface area (Å²) in [5.41, 5.74) is 4.74. The van der Waals surface area contributed by atoms with Crippen LogP contribution in [0.25, 0.3) is 0 Å². The van der Waals surface area contributed by atoms with Gasteiger partial charge in [0.1, 0.15) is 11.7 Å². The van der Waals surface area contributed by atoms with Gasteiger partial charge in [-0.3, -0.25) is 4.90 Å². The van der Waals surface area contributed by atoms with Crippen molar-refractivity contribution >= 4 is 17.6 Å². The summed E-state index contributed by atoms with van der Waals surface area (Å²) in [6, 6.07) is 22.3. The summed E-state index contributed by atoms with van der Waals surface area (Å²) in [7, 11) is 4.67. The van der Waals surface area contributed by atoms with E-state index >= 15 is 0 Å². The lowest BCUT2D eigenvalue weighted by atomic mass is 9.83. The first-order valence-electron chi connectivity index (χ1n) is 14.5. The van der Waals surface area contributed by atoms with E-state index in [-0.39, 0.29) is 6.79 Å². The lowest BCUT2D eigenvalue weighted by Crippen LogP contribution is -2.41. The Kier molecular flexibility index (Phi) is 7.66. The molecule has 4 aromatic carbocycles. The first kappa shape index (κ1) is 28.9. The Morgan fingerprint density at radius 2 is 1.71 bits per heavy atom. The van der Waals surface area contributed by atoms with Gasteiger partial charge in [-0.2, -0.15) is 0 Å². The zero-order valence-corrected chi connectivity index (χ0v) is 25.7. The van der Waals surface area contributed by atoms with Crippen LogP contribution in [0.3, 0.4) is 0 Å². The zero-order valence-electron chi connectivity index (χ0n) is 25.0. The highest BCUT2D eigenvalue weighted by molar-refractivity contribution is 6.30. The third kappa shape index (κ3) is 4.98. The molecule has 0 bridgehead atoms. The molecular weight excluding hydrogens is 594 g/mol. The number of rotatable bonds is 6. The average Bonchev–Trinajstić information content (AvgIpc) is 3.68. The van der Waals surface area contributed by atoms with Crippen molar-refractivity contribution in [3.05, 3.63) is 111 Å². The lowest BCUT2D eigenvalue weighted by molar-refractivity contribution is -0.00369. The van der Waals surface area contributed by atoms with Gasteiger partial charge in [0, 0.05) is 28.3 Å². The van der Waals surface area contributed by atoms with Crippen molar-refractivity contribution in [2.75, 3.05) is 34.7 Å². The highest BCUT2D eigenvalue weighted by Crippen LogP contribution is 2.57. The summed E-state index contributed by atoms with van der Waals surface area (Å²) in [5.74, 6) is 8.92. The standard InChI is InChI=1S/C36H30ClNO7/c1-40-27-16-14-25-30(33(27)41-2)36(39)45-32(25)31-29-23(19-28-34(35(29)42-3)44-20-43-28)17-18-38(31)26(22-10-12-24(37)13-11-22)15-9-21-7-5-4-6-8-21/h4-8,10-14,16,19,26,31-32H,17-18,20H2,1-3H3/t26?,31-,32+/m0/s1. The molecule has 3 atom stereocenters. The molecule has 9 heteroatoms. The van der Waals surface area contributed by atoms with E-state index in [9.17, 15) is 4.79 Å². The van der Waals surface area contributed by atoms with E-state index in [0.717, 1.165) is 22.3 Å². The minimum Gasteiger partial charge on any atom is -0.493 e. The van der Waals surface area contributed by atoms with Crippen LogP contribution in [-0.4, -0.2) is 45.5 Å². The normalized spacial score (nSPS) is 18.6. The molecule has 0 radical (unpaired) electrons. The minimum absolute atomic E-state index is 0.0944. The van der Waals surface area contributed by atoms with Crippen molar-refractivity contribution < 1.29 is 33.2 Å². The quantitative estimate of drug-likeness (QED) is 0.174. The molecule has 0 aromatic heterocycles. The molecule has 0 N–H and O–H groups in total. The number of ether oxygens (including phenoxy) is 6. The maximum absolute atomic E-state index is 13.6. The molecule has 45 heavy (non-hydrogen) atoms. The number of cyclic esters (lactones) is 1. The molecule has 0 saturated carbocycles. The second-order valence-corrected chi connectivity index (χ2v) is 11.3. The predicted molar refractivity (Wildman–Crippen MR) is 167 cm³/mol. The topological polar surface area (TPSA) is 75.7 Å². The number of nitrogens with zero attached hydrogens (tertiary/aromatic N) is 1. The number of hydrogen-bond donors (Lipinski definition) is 0. The van der Waals surface area contributed by atoms with E-state index in [0.29, 0.717) is 57.9 Å². The van der Waals surface area contributed by atoms with E-state index in [1.807, 2.05) is 66.7 Å². The third-order valence-electron chi connectivity index (χ3n) is 8.49. The smallest absolute Gasteiger partial charge is 0.343 e. The fourth-order valence-corrected chi connectivity index (χ4v) is 6.64. The highest BCUT2D eigenvalue weighted by atomic mass is 35.5. The summed E-state index contributed by atoms with van der Waals surface area (Å²) >= 11 is 6.32. The fourth-order valence-electron chi connectivity index (χ4n) is 6.52. The van der Waals surface area contributed by atoms with E-state index in [1.165, 1.54) is 14.2 Å². The van der Waals surface area contributed by atoms with Gasteiger partial charge in [0.05, 0.1) is 33.4 Å². The average molecular weight is 624 g/mol. The predicted octanol–water partition coefficient (Wildman–Crippen LogP) is 6.70. The Hall–Kier alpha value is -4.84. The van der Waals surface area contributed by atoms with E-state index in [2.05, 4.69) is 16.7 Å². The summed E-state index contributed by atoms with van der Waals surface area (Å²) in [6.45, 7) is 0.699. The molecular formula is C36H30ClNO7. The van der Waals surface area contributed by atoms with Crippen LogP contribution in [0.1, 0.15) is 56.4 Å². The van der Waals surface area contributed by atoms with Gasteiger partial charge in [-0.25, -0.2) is 4.79 Å². The SMILES string of the molecule is COc1ccc2c(c1OC)C(=O)O[C@H]2[C@@H]1c2c(cc3c(c2OC)OCO3)CCN1C(C#Cc1ccccc1)c1ccc(Cl)cc1. The van der Waals surface area contributed by atoms with Gasteiger partial charge < -0.3 is 28.4 Å².